The molecule has 0 unspecified atom stereocenters. The number of nitrogens with one attached hydrogen (secondary N) is 2. The van der Waals surface area contributed by atoms with Crippen LogP contribution in [0.2, 0.25) is 0 Å². The molecule has 5 heteroatoms. The second kappa shape index (κ2) is 4.51. The highest BCUT2D eigenvalue weighted by Crippen LogP contribution is 2.18. The fourth-order valence-electron chi connectivity index (χ4n) is 2.35. The molecular weight excluding hydrogens is 238 g/mol. The molecule has 2 N–H and O–H groups in total. The standard InChI is InChI=1S/C14H17N5/c1-9-11(8-15-3)10(2)19(18-9)14-16-12-6-4-5-7-13(12)17-14/h4-7,15H,8H2,1-3H3,(H,16,17). The molecule has 0 atom stereocenters. The van der Waals surface area contributed by atoms with Crippen LogP contribution in [0.25, 0.3) is 17.0 Å². The molecule has 5 nitrogen and oxygen atoms in total. The quantitative estimate of drug-likeness (QED) is 0.753. The first-order chi connectivity index (χ1) is 9.20. The summed E-state index contributed by atoms with van der Waals surface area (Å²) >= 11 is 0. The number of hydrogen-bond acceptors (Lipinski definition) is 3. The maximum atomic E-state index is 4.58. The van der Waals surface area contributed by atoms with Gasteiger partial charge in [0.2, 0.25) is 5.95 Å². The van der Waals surface area contributed by atoms with Crippen molar-refractivity contribution >= 4 is 11.0 Å². The van der Waals surface area contributed by atoms with E-state index in [2.05, 4.69) is 27.3 Å². The van der Waals surface area contributed by atoms with Crippen molar-refractivity contribution in [2.75, 3.05) is 7.05 Å². The molecule has 0 aliphatic heterocycles. The van der Waals surface area contributed by atoms with E-state index >= 15 is 0 Å². The molecule has 2 aromatic heterocycles. The summed E-state index contributed by atoms with van der Waals surface area (Å²) in [5, 5.41) is 7.75. The molecule has 0 aliphatic rings. The lowest BCUT2D eigenvalue weighted by Gasteiger charge is -2.01. The molecule has 98 valence electrons. The summed E-state index contributed by atoms with van der Waals surface area (Å²) in [6, 6.07) is 8.00. The number of aromatic amines is 1. The fraction of sp³-hybridized carbons (Fsp3) is 0.286. The SMILES string of the molecule is CNCc1c(C)nn(-c2nc3ccccc3[nH]2)c1C. The van der Waals surface area contributed by atoms with Gasteiger partial charge < -0.3 is 10.3 Å². The number of H-pyrrole nitrogens is 1. The molecule has 0 saturated carbocycles. The number of imidazole rings is 1. The predicted octanol–water partition coefficient (Wildman–Crippen LogP) is 2.08. The maximum absolute atomic E-state index is 4.58. The van der Waals surface area contributed by atoms with Crippen molar-refractivity contribution in [3.8, 4) is 5.95 Å². The minimum absolute atomic E-state index is 0.768. The van der Waals surface area contributed by atoms with E-state index in [0.29, 0.717) is 0 Å². The molecule has 3 aromatic rings. The lowest BCUT2D eigenvalue weighted by atomic mass is 10.2. The van der Waals surface area contributed by atoms with Gasteiger partial charge in [-0.05, 0) is 33.0 Å². The van der Waals surface area contributed by atoms with E-state index in [9.17, 15) is 0 Å². The van der Waals surface area contributed by atoms with E-state index in [-0.39, 0.29) is 0 Å². The second-order valence-corrected chi connectivity index (χ2v) is 4.67. The van der Waals surface area contributed by atoms with E-state index in [1.54, 1.807) is 0 Å². The third kappa shape index (κ3) is 1.92. The Morgan fingerprint density at radius 1 is 1.26 bits per heavy atom. The number of nitrogens with zero attached hydrogens (tertiary/aromatic N) is 3. The first-order valence-corrected chi connectivity index (χ1v) is 6.35. The number of hydrogen-bond donors (Lipinski definition) is 2. The molecule has 2 heterocycles. The van der Waals surface area contributed by atoms with Crippen LogP contribution >= 0.6 is 0 Å². The summed E-state index contributed by atoms with van der Waals surface area (Å²) in [6.45, 7) is 4.91. The normalized spacial score (nSPS) is 11.3. The van der Waals surface area contributed by atoms with E-state index in [1.165, 1.54) is 5.56 Å². The zero-order chi connectivity index (χ0) is 13.4. The van der Waals surface area contributed by atoms with Gasteiger partial charge in [0.15, 0.2) is 0 Å². The van der Waals surface area contributed by atoms with Crippen LogP contribution < -0.4 is 5.32 Å². The minimum atomic E-state index is 0.768. The fourth-order valence-corrected chi connectivity index (χ4v) is 2.35. The molecule has 0 radical (unpaired) electrons. The highest BCUT2D eigenvalue weighted by atomic mass is 15.4. The Hall–Kier alpha value is -2.14. The second-order valence-electron chi connectivity index (χ2n) is 4.67. The van der Waals surface area contributed by atoms with Crippen molar-refractivity contribution in [3.63, 3.8) is 0 Å². The van der Waals surface area contributed by atoms with Gasteiger partial charge in [0.05, 0.1) is 16.7 Å². The molecule has 0 amide bonds. The first kappa shape index (κ1) is 11.9. The van der Waals surface area contributed by atoms with Gasteiger partial charge in [-0.1, -0.05) is 12.1 Å². The smallest absolute Gasteiger partial charge is 0.229 e. The average molecular weight is 255 g/mol. The van der Waals surface area contributed by atoms with Gasteiger partial charge in [0.1, 0.15) is 0 Å². The Kier molecular flexibility index (Phi) is 2.83. The number of benzene rings is 1. The van der Waals surface area contributed by atoms with E-state index in [0.717, 1.165) is 34.9 Å². The van der Waals surface area contributed by atoms with Crippen LogP contribution in [0.3, 0.4) is 0 Å². The lowest BCUT2D eigenvalue weighted by molar-refractivity contribution is 0.782. The van der Waals surface area contributed by atoms with E-state index in [1.807, 2.05) is 42.9 Å². The minimum Gasteiger partial charge on any atom is -0.322 e. The zero-order valence-electron chi connectivity index (χ0n) is 11.4. The van der Waals surface area contributed by atoms with Crippen LogP contribution in [-0.2, 0) is 6.54 Å². The summed E-state index contributed by atoms with van der Waals surface area (Å²) in [6.07, 6.45) is 0. The molecule has 19 heavy (non-hydrogen) atoms. The van der Waals surface area contributed by atoms with Gasteiger partial charge in [0, 0.05) is 17.8 Å². The number of aromatic nitrogens is 4. The Morgan fingerprint density at radius 2 is 2.05 bits per heavy atom. The Bertz CT molecular complexity index is 690. The molecule has 0 spiro atoms. The lowest BCUT2D eigenvalue weighted by Crippen LogP contribution is -2.07. The van der Waals surface area contributed by atoms with Gasteiger partial charge in [-0.15, -0.1) is 0 Å². The van der Waals surface area contributed by atoms with Crippen LogP contribution in [0.5, 0.6) is 0 Å². The summed E-state index contributed by atoms with van der Waals surface area (Å²) in [5.74, 6) is 0.768. The van der Waals surface area contributed by atoms with Crippen LogP contribution in [0.15, 0.2) is 24.3 Å². The van der Waals surface area contributed by atoms with Crippen molar-refractivity contribution in [1.82, 2.24) is 25.1 Å². The van der Waals surface area contributed by atoms with Crippen LogP contribution in [0.1, 0.15) is 17.0 Å². The number of para-hydroxylation sites is 2. The Balaban J connectivity index is 2.13. The van der Waals surface area contributed by atoms with Crippen molar-refractivity contribution in [3.05, 3.63) is 41.2 Å². The third-order valence-corrected chi connectivity index (χ3v) is 3.37. The van der Waals surface area contributed by atoms with Crippen molar-refractivity contribution < 1.29 is 0 Å². The van der Waals surface area contributed by atoms with Gasteiger partial charge in [0.25, 0.3) is 0 Å². The first-order valence-electron chi connectivity index (χ1n) is 6.35. The van der Waals surface area contributed by atoms with E-state index in [4.69, 9.17) is 0 Å². The Morgan fingerprint density at radius 3 is 2.79 bits per heavy atom. The van der Waals surface area contributed by atoms with E-state index < -0.39 is 0 Å². The summed E-state index contributed by atoms with van der Waals surface area (Å²) in [7, 11) is 1.94. The molecular formula is C14H17N5. The molecule has 0 fully saturated rings. The highest BCUT2D eigenvalue weighted by Gasteiger charge is 2.14. The molecule has 0 saturated heterocycles. The van der Waals surface area contributed by atoms with Crippen molar-refractivity contribution in [2.24, 2.45) is 0 Å². The third-order valence-electron chi connectivity index (χ3n) is 3.37. The zero-order valence-corrected chi connectivity index (χ0v) is 11.4. The summed E-state index contributed by atoms with van der Waals surface area (Å²) in [5.41, 5.74) is 5.36. The average Bonchev–Trinajstić information content (AvgIpc) is 2.94. The summed E-state index contributed by atoms with van der Waals surface area (Å²) < 4.78 is 1.88. The van der Waals surface area contributed by atoms with Crippen LogP contribution in [0, 0.1) is 13.8 Å². The van der Waals surface area contributed by atoms with Gasteiger partial charge >= 0.3 is 0 Å². The Labute approximate surface area is 111 Å². The number of aryl methyl sites for hydroxylation is 1. The van der Waals surface area contributed by atoms with Gasteiger partial charge in [-0.3, -0.25) is 0 Å². The molecule has 0 bridgehead atoms. The van der Waals surface area contributed by atoms with Crippen LogP contribution in [0.4, 0.5) is 0 Å². The predicted molar refractivity (Wildman–Crippen MR) is 75.5 cm³/mol. The maximum Gasteiger partial charge on any atom is 0.229 e. The van der Waals surface area contributed by atoms with Crippen molar-refractivity contribution in [1.29, 1.82) is 0 Å². The molecule has 0 aliphatic carbocycles. The topological polar surface area (TPSA) is 58.5 Å². The number of fused-ring (bicyclic) bond motifs is 1. The highest BCUT2D eigenvalue weighted by molar-refractivity contribution is 5.75. The number of rotatable bonds is 3. The molecule has 3 rings (SSSR count). The monoisotopic (exact) mass is 255 g/mol. The van der Waals surface area contributed by atoms with Gasteiger partial charge in [-0.2, -0.15) is 5.10 Å². The van der Waals surface area contributed by atoms with Crippen molar-refractivity contribution in [2.45, 2.75) is 20.4 Å². The summed E-state index contributed by atoms with van der Waals surface area (Å²) in [4.78, 5) is 7.89. The van der Waals surface area contributed by atoms with Crippen LogP contribution in [-0.4, -0.2) is 26.8 Å². The molecule has 1 aromatic carbocycles. The van der Waals surface area contributed by atoms with Gasteiger partial charge in [-0.25, -0.2) is 9.67 Å². The largest absolute Gasteiger partial charge is 0.322 e.